The molecular weight excluding hydrogens is 320 g/mol. The first-order valence-electron chi connectivity index (χ1n) is 8.95. The zero-order chi connectivity index (χ0) is 17.1. The second kappa shape index (κ2) is 5.32. The topological polar surface area (TPSA) is 72.2 Å². The van der Waals surface area contributed by atoms with E-state index in [2.05, 4.69) is 10.7 Å². The summed E-state index contributed by atoms with van der Waals surface area (Å²) in [6.07, 6.45) is 4.96. The Morgan fingerprint density at radius 2 is 1.92 bits per heavy atom. The summed E-state index contributed by atoms with van der Waals surface area (Å²) in [4.78, 5) is 25.0. The lowest BCUT2D eigenvalue weighted by Gasteiger charge is -2.59. The number of hydrogen-bond donors (Lipinski definition) is 2. The molecule has 0 radical (unpaired) electrons. The summed E-state index contributed by atoms with van der Waals surface area (Å²) in [7, 11) is 0. The molecule has 0 aliphatic heterocycles. The minimum atomic E-state index is -0.518. The number of hydrogen-bond acceptors (Lipinski definition) is 3. The highest BCUT2D eigenvalue weighted by molar-refractivity contribution is 7.08. The molecule has 0 aromatic carbocycles. The Kier molecular flexibility index (Phi) is 3.57. The highest BCUT2D eigenvalue weighted by Crippen LogP contribution is 2.60. The zero-order valence-corrected chi connectivity index (χ0v) is 15.2. The highest BCUT2D eigenvalue weighted by atomic mass is 32.1. The number of carbonyl (C=O) groups excluding carboxylic acids is 2. The van der Waals surface area contributed by atoms with Crippen LogP contribution in [0.4, 0.5) is 0 Å². The van der Waals surface area contributed by atoms with Gasteiger partial charge in [0.05, 0.1) is 5.41 Å². The van der Waals surface area contributed by atoms with Crippen molar-refractivity contribution in [3.05, 3.63) is 22.4 Å². The minimum absolute atomic E-state index is 0.103. The van der Waals surface area contributed by atoms with Crippen molar-refractivity contribution < 1.29 is 9.59 Å². The molecule has 4 aliphatic carbocycles. The summed E-state index contributed by atoms with van der Waals surface area (Å²) >= 11 is 1.62. The van der Waals surface area contributed by atoms with E-state index >= 15 is 0 Å². The first kappa shape index (κ1) is 16.1. The summed E-state index contributed by atoms with van der Waals surface area (Å²) in [6, 6.07) is 2.24. The van der Waals surface area contributed by atoms with Gasteiger partial charge < -0.3 is 11.1 Å². The predicted octanol–water partition coefficient (Wildman–Crippen LogP) is 2.82. The van der Waals surface area contributed by atoms with Gasteiger partial charge in [0.25, 0.3) is 0 Å². The number of thiophene rings is 1. The fourth-order valence-electron chi connectivity index (χ4n) is 5.64. The molecule has 2 amide bonds. The Hall–Kier alpha value is -1.36. The Bertz CT molecular complexity index is 651. The van der Waals surface area contributed by atoms with Crippen molar-refractivity contribution in [2.45, 2.75) is 57.4 Å². The van der Waals surface area contributed by atoms with E-state index in [0.29, 0.717) is 17.8 Å². The van der Waals surface area contributed by atoms with E-state index in [4.69, 9.17) is 5.73 Å². The summed E-state index contributed by atoms with van der Waals surface area (Å²) in [6.45, 7) is 3.98. The average molecular weight is 346 g/mol. The van der Waals surface area contributed by atoms with Gasteiger partial charge in [-0.15, -0.1) is 0 Å². The van der Waals surface area contributed by atoms with E-state index in [1.807, 2.05) is 25.3 Å². The molecule has 5 heteroatoms. The molecule has 4 nitrogen and oxygen atoms in total. The summed E-state index contributed by atoms with van der Waals surface area (Å²) in [5.41, 5.74) is 6.01. The lowest BCUT2D eigenvalue weighted by molar-refractivity contribution is -0.148. The summed E-state index contributed by atoms with van der Waals surface area (Å²) < 4.78 is 0. The maximum atomic E-state index is 13.0. The van der Waals surface area contributed by atoms with E-state index < -0.39 is 5.41 Å². The second-order valence-corrected chi connectivity index (χ2v) is 9.53. The van der Waals surface area contributed by atoms with E-state index in [0.717, 1.165) is 37.7 Å². The molecule has 2 atom stereocenters. The Morgan fingerprint density at radius 3 is 2.46 bits per heavy atom. The van der Waals surface area contributed by atoms with Crippen LogP contribution in [-0.2, 0) is 15.0 Å². The molecule has 4 bridgehead atoms. The molecule has 24 heavy (non-hydrogen) atoms. The summed E-state index contributed by atoms with van der Waals surface area (Å²) in [5, 5.41) is 7.43. The molecule has 4 saturated carbocycles. The van der Waals surface area contributed by atoms with Crippen molar-refractivity contribution >= 4 is 23.2 Å². The molecular formula is C19H26N2O2S. The van der Waals surface area contributed by atoms with E-state index in [1.54, 1.807) is 11.3 Å². The van der Waals surface area contributed by atoms with Crippen LogP contribution in [0.3, 0.4) is 0 Å². The van der Waals surface area contributed by atoms with Gasteiger partial charge in [-0.3, -0.25) is 9.59 Å². The fourth-order valence-corrected chi connectivity index (χ4v) is 6.47. The lowest BCUT2D eigenvalue weighted by atomic mass is 9.47. The third-order valence-corrected chi connectivity index (χ3v) is 7.59. The predicted molar refractivity (Wildman–Crippen MR) is 94.5 cm³/mol. The van der Waals surface area contributed by atoms with Crippen molar-refractivity contribution in [1.29, 1.82) is 0 Å². The van der Waals surface area contributed by atoms with Crippen molar-refractivity contribution in [1.82, 2.24) is 5.32 Å². The van der Waals surface area contributed by atoms with Crippen LogP contribution < -0.4 is 11.1 Å². The summed E-state index contributed by atoms with van der Waals surface area (Å²) in [5.74, 6) is 1.42. The number of carbonyl (C=O) groups is 2. The molecule has 1 aromatic heterocycles. The third-order valence-electron chi connectivity index (χ3n) is 6.90. The number of primary amides is 1. The third kappa shape index (κ3) is 2.32. The Balaban J connectivity index is 1.53. The number of rotatable bonds is 4. The van der Waals surface area contributed by atoms with E-state index in [9.17, 15) is 9.59 Å². The van der Waals surface area contributed by atoms with Crippen LogP contribution in [0.5, 0.6) is 0 Å². The fraction of sp³-hybridized carbons (Fsp3) is 0.684. The van der Waals surface area contributed by atoms with Crippen molar-refractivity contribution in [2.75, 3.05) is 0 Å². The Labute approximate surface area is 147 Å². The Morgan fingerprint density at radius 1 is 1.25 bits per heavy atom. The van der Waals surface area contributed by atoms with Crippen LogP contribution in [0.2, 0.25) is 0 Å². The van der Waals surface area contributed by atoms with Crippen molar-refractivity contribution in [2.24, 2.45) is 28.9 Å². The second-order valence-electron chi connectivity index (χ2n) is 8.75. The standard InChI is InChI=1S/C19H26N2O2S/c1-18(2,14-3-4-24-10-14)17(23)21-15-12-5-11-6-13(15)9-19(7-11,8-12)16(20)22/h3-4,10-13,15H,5-9H2,1-2H3,(H2,20,22)(H,21,23). The molecule has 1 heterocycles. The lowest BCUT2D eigenvalue weighted by Crippen LogP contribution is -2.63. The highest BCUT2D eigenvalue weighted by Gasteiger charge is 2.58. The van der Waals surface area contributed by atoms with Crippen LogP contribution in [-0.4, -0.2) is 17.9 Å². The van der Waals surface area contributed by atoms with Crippen molar-refractivity contribution in [3.63, 3.8) is 0 Å². The first-order valence-corrected chi connectivity index (χ1v) is 9.90. The van der Waals surface area contributed by atoms with Gasteiger partial charge in [-0.2, -0.15) is 11.3 Å². The normalized spacial score (nSPS) is 37.4. The largest absolute Gasteiger partial charge is 0.369 e. The zero-order valence-electron chi connectivity index (χ0n) is 14.4. The molecule has 2 unspecified atom stereocenters. The van der Waals surface area contributed by atoms with Gasteiger partial charge in [-0.1, -0.05) is 0 Å². The van der Waals surface area contributed by atoms with E-state index in [1.165, 1.54) is 0 Å². The van der Waals surface area contributed by atoms with Crippen LogP contribution in [0, 0.1) is 23.2 Å². The molecule has 0 saturated heterocycles. The van der Waals surface area contributed by atoms with E-state index in [-0.39, 0.29) is 23.3 Å². The molecule has 1 aromatic rings. The van der Waals surface area contributed by atoms with Gasteiger partial charge in [0.15, 0.2) is 0 Å². The number of amides is 2. The maximum absolute atomic E-state index is 13.0. The van der Waals surface area contributed by atoms with Gasteiger partial charge in [-0.05, 0) is 86.1 Å². The van der Waals surface area contributed by atoms with Gasteiger partial charge in [0, 0.05) is 11.5 Å². The van der Waals surface area contributed by atoms with Gasteiger partial charge in [0.1, 0.15) is 0 Å². The molecule has 3 N–H and O–H groups in total. The number of nitrogens with two attached hydrogens (primary N) is 1. The SMILES string of the molecule is CC(C)(C(=O)NC1C2CC3CC1CC(C(N)=O)(C3)C2)c1ccsc1. The van der Waals surface area contributed by atoms with Gasteiger partial charge in [0.2, 0.25) is 11.8 Å². The van der Waals surface area contributed by atoms with Gasteiger partial charge in [-0.25, -0.2) is 0 Å². The molecule has 5 rings (SSSR count). The average Bonchev–Trinajstić information content (AvgIpc) is 3.05. The quantitative estimate of drug-likeness (QED) is 0.880. The first-order chi connectivity index (χ1) is 11.3. The smallest absolute Gasteiger partial charge is 0.230 e. The van der Waals surface area contributed by atoms with Crippen LogP contribution >= 0.6 is 11.3 Å². The van der Waals surface area contributed by atoms with Gasteiger partial charge >= 0.3 is 0 Å². The molecule has 4 aliphatic rings. The van der Waals surface area contributed by atoms with Crippen LogP contribution in [0.1, 0.15) is 51.5 Å². The van der Waals surface area contributed by atoms with Crippen molar-refractivity contribution in [3.8, 4) is 0 Å². The van der Waals surface area contributed by atoms with Crippen LogP contribution in [0.15, 0.2) is 16.8 Å². The molecule has 0 spiro atoms. The number of nitrogens with one attached hydrogen (secondary N) is 1. The molecule has 4 fully saturated rings. The molecule has 130 valence electrons. The van der Waals surface area contributed by atoms with Crippen LogP contribution in [0.25, 0.3) is 0 Å². The maximum Gasteiger partial charge on any atom is 0.230 e. The minimum Gasteiger partial charge on any atom is -0.369 e. The monoisotopic (exact) mass is 346 g/mol.